The largest absolute Gasteiger partial charge is 0.389 e. The van der Waals surface area contributed by atoms with Crippen LogP contribution in [0.4, 0.5) is 0 Å². The molecule has 0 amide bonds. The fourth-order valence-corrected chi connectivity index (χ4v) is 2.17. The molecule has 1 heterocycles. The van der Waals surface area contributed by atoms with Crippen LogP contribution in [0.3, 0.4) is 0 Å². The van der Waals surface area contributed by atoms with Crippen molar-refractivity contribution in [2.24, 2.45) is 10.6 Å². The van der Waals surface area contributed by atoms with Crippen LogP contribution in [0.15, 0.2) is 36.0 Å². The highest BCUT2D eigenvalue weighted by Gasteiger charge is 2.22. The minimum Gasteiger partial charge on any atom is -0.389 e. The Labute approximate surface area is 133 Å². The minimum atomic E-state index is -0.252. The van der Waals surface area contributed by atoms with E-state index in [-0.39, 0.29) is 12.0 Å². The fourth-order valence-electron chi connectivity index (χ4n) is 1.67. The van der Waals surface area contributed by atoms with Crippen LogP contribution in [-0.2, 0) is 11.4 Å². The maximum absolute atomic E-state index is 6.09. The van der Waals surface area contributed by atoms with Crippen LogP contribution in [0, 0.1) is 5.41 Å². The molecule has 7 heteroatoms. The number of oxime groups is 1. The molecule has 0 spiro atoms. The number of hydrogen-bond acceptors (Lipinski definition) is 4. The summed E-state index contributed by atoms with van der Waals surface area (Å²) >= 11 is 12.2. The first-order chi connectivity index (χ1) is 9.89. The lowest BCUT2D eigenvalue weighted by Crippen LogP contribution is -2.28. The third kappa shape index (κ3) is 3.95. The van der Waals surface area contributed by atoms with Gasteiger partial charge in [0.25, 0.3) is 0 Å². The topological polar surface area (TPSA) is 52.3 Å². The zero-order valence-electron chi connectivity index (χ0n) is 12.0. The van der Waals surface area contributed by atoms with E-state index in [0.717, 1.165) is 0 Å². The van der Waals surface area contributed by atoms with Crippen molar-refractivity contribution in [3.05, 3.63) is 46.5 Å². The van der Waals surface area contributed by atoms with Crippen molar-refractivity contribution in [1.29, 1.82) is 0 Å². The summed E-state index contributed by atoms with van der Waals surface area (Å²) < 4.78 is 1.58. The lowest BCUT2D eigenvalue weighted by molar-refractivity contribution is 0.126. The van der Waals surface area contributed by atoms with Crippen LogP contribution in [0.25, 0.3) is 0 Å². The predicted molar refractivity (Wildman–Crippen MR) is 83.6 cm³/mol. The van der Waals surface area contributed by atoms with E-state index in [9.17, 15) is 0 Å². The van der Waals surface area contributed by atoms with Gasteiger partial charge in [-0.3, -0.25) is 0 Å². The monoisotopic (exact) mass is 326 g/mol. The molecule has 2 aromatic rings. The Balaban J connectivity index is 2.18. The summed E-state index contributed by atoms with van der Waals surface area (Å²) in [6.07, 6.45) is 3.03. The number of rotatable bonds is 3. The average molecular weight is 327 g/mol. The van der Waals surface area contributed by atoms with E-state index in [0.29, 0.717) is 21.4 Å². The van der Waals surface area contributed by atoms with Crippen LogP contribution in [-0.4, -0.2) is 20.6 Å². The van der Waals surface area contributed by atoms with Gasteiger partial charge in [-0.05, 0) is 12.1 Å². The molecule has 21 heavy (non-hydrogen) atoms. The van der Waals surface area contributed by atoms with Gasteiger partial charge in [-0.15, -0.1) is 0 Å². The zero-order chi connectivity index (χ0) is 15.5. The Morgan fingerprint density at radius 2 is 1.95 bits per heavy atom. The van der Waals surface area contributed by atoms with Gasteiger partial charge in [0.2, 0.25) is 0 Å². The van der Waals surface area contributed by atoms with E-state index in [4.69, 9.17) is 28.0 Å². The van der Waals surface area contributed by atoms with Crippen molar-refractivity contribution >= 4 is 29.0 Å². The smallest absolute Gasteiger partial charge is 0.176 e. The molecule has 0 aliphatic rings. The Kier molecular flexibility index (Phi) is 4.85. The van der Waals surface area contributed by atoms with E-state index in [1.807, 2.05) is 20.8 Å². The van der Waals surface area contributed by atoms with Gasteiger partial charge in [0.05, 0.1) is 0 Å². The first-order valence-corrected chi connectivity index (χ1v) is 7.13. The highest BCUT2D eigenvalue weighted by molar-refractivity contribution is 6.35. The molecule has 0 fully saturated rings. The molecular weight excluding hydrogens is 311 g/mol. The lowest BCUT2D eigenvalue weighted by atomic mass is 9.95. The quantitative estimate of drug-likeness (QED) is 0.486. The molecule has 0 unspecified atom stereocenters. The third-order valence-electron chi connectivity index (χ3n) is 2.73. The Bertz CT molecular complexity index is 613. The van der Waals surface area contributed by atoms with Crippen molar-refractivity contribution < 1.29 is 4.84 Å². The zero-order valence-corrected chi connectivity index (χ0v) is 13.6. The predicted octanol–water partition coefficient (Wildman–Crippen LogP) is 4.01. The summed E-state index contributed by atoms with van der Waals surface area (Å²) in [6, 6.07) is 5.31. The summed E-state index contributed by atoms with van der Waals surface area (Å²) in [5.41, 5.74) is 0.453. The highest BCUT2D eigenvalue weighted by atomic mass is 35.5. The number of nitrogens with zero attached hydrogens (tertiary/aromatic N) is 4. The van der Waals surface area contributed by atoms with Gasteiger partial charge in [0, 0.05) is 21.0 Å². The van der Waals surface area contributed by atoms with Crippen molar-refractivity contribution in [2.75, 3.05) is 0 Å². The van der Waals surface area contributed by atoms with E-state index in [1.165, 1.54) is 6.33 Å². The molecule has 0 aliphatic heterocycles. The second-order valence-corrected chi connectivity index (χ2v) is 6.29. The first kappa shape index (κ1) is 15.8. The van der Waals surface area contributed by atoms with Crippen LogP contribution in [0.5, 0.6) is 0 Å². The lowest BCUT2D eigenvalue weighted by Gasteiger charge is -2.20. The average Bonchev–Trinajstić information content (AvgIpc) is 2.89. The molecule has 0 saturated heterocycles. The maximum Gasteiger partial charge on any atom is 0.176 e. The molecule has 0 saturated carbocycles. The van der Waals surface area contributed by atoms with E-state index in [1.54, 1.807) is 29.2 Å². The standard InChI is InChI=1S/C14H16Cl2N4O/c1-14(2,3)13(20-9-17-8-18-20)19-21-7-10-11(15)5-4-6-12(10)16/h4-6,8-9H,7H2,1-3H3. The number of benzene rings is 1. The summed E-state index contributed by atoms with van der Waals surface area (Å²) in [7, 11) is 0. The molecular formula is C14H16Cl2N4O. The molecule has 1 aromatic carbocycles. The fraction of sp³-hybridized carbons (Fsp3) is 0.357. The summed E-state index contributed by atoms with van der Waals surface area (Å²) in [5, 5.41) is 9.36. The van der Waals surface area contributed by atoms with Gasteiger partial charge < -0.3 is 4.84 Å². The van der Waals surface area contributed by atoms with Crippen LogP contribution in [0.1, 0.15) is 26.3 Å². The molecule has 0 N–H and O–H groups in total. The Morgan fingerprint density at radius 3 is 2.48 bits per heavy atom. The SMILES string of the molecule is CC(C)(C)C(=NOCc1c(Cl)cccc1Cl)n1cncn1. The summed E-state index contributed by atoms with van der Waals surface area (Å²) in [4.78, 5) is 9.35. The van der Waals surface area contributed by atoms with Crippen LogP contribution in [0.2, 0.25) is 10.0 Å². The molecule has 2 rings (SSSR count). The van der Waals surface area contributed by atoms with Gasteiger partial charge >= 0.3 is 0 Å². The molecule has 0 aliphatic carbocycles. The summed E-state index contributed by atoms with van der Waals surface area (Å²) in [5.74, 6) is 0.642. The Hall–Kier alpha value is -1.59. The summed E-state index contributed by atoms with van der Waals surface area (Å²) in [6.45, 7) is 6.23. The number of hydrogen-bond donors (Lipinski definition) is 0. The highest BCUT2D eigenvalue weighted by Crippen LogP contribution is 2.25. The second-order valence-electron chi connectivity index (χ2n) is 5.48. The second kappa shape index (κ2) is 6.45. The third-order valence-corrected chi connectivity index (χ3v) is 3.44. The van der Waals surface area contributed by atoms with E-state index >= 15 is 0 Å². The van der Waals surface area contributed by atoms with E-state index in [2.05, 4.69) is 15.2 Å². The van der Waals surface area contributed by atoms with Gasteiger partial charge in [0.15, 0.2) is 5.84 Å². The van der Waals surface area contributed by atoms with Gasteiger partial charge in [0.1, 0.15) is 19.3 Å². The molecule has 1 aromatic heterocycles. The Morgan fingerprint density at radius 1 is 1.29 bits per heavy atom. The van der Waals surface area contributed by atoms with Crippen LogP contribution < -0.4 is 0 Å². The first-order valence-electron chi connectivity index (χ1n) is 6.38. The number of aromatic nitrogens is 3. The normalized spacial score (nSPS) is 12.5. The van der Waals surface area contributed by atoms with Crippen molar-refractivity contribution in [3.8, 4) is 0 Å². The molecule has 0 bridgehead atoms. The van der Waals surface area contributed by atoms with Crippen molar-refractivity contribution in [2.45, 2.75) is 27.4 Å². The van der Waals surface area contributed by atoms with Crippen LogP contribution >= 0.6 is 23.2 Å². The maximum atomic E-state index is 6.09. The molecule has 112 valence electrons. The number of halogens is 2. The van der Waals surface area contributed by atoms with Gasteiger partial charge in [-0.1, -0.05) is 55.2 Å². The van der Waals surface area contributed by atoms with Gasteiger partial charge in [-0.2, -0.15) is 5.10 Å². The minimum absolute atomic E-state index is 0.187. The van der Waals surface area contributed by atoms with Crippen molar-refractivity contribution in [3.63, 3.8) is 0 Å². The van der Waals surface area contributed by atoms with Gasteiger partial charge in [-0.25, -0.2) is 9.67 Å². The molecule has 5 nitrogen and oxygen atoms in total. The molecule has 0 radical (unpaired) electrons. The van der Waals surface area contributed by atoms with Crippen molar-refractivity contribution in [1.82, 2.24) is 14.8 Å². The van der Waals surface area contributed by atoms with E-state index < -0.39 is 0 Å². The molecule has 0 atom stereocenters.